The summed E-state index contributed by atoms with van der Waals surface area (Å²) in [5, 5.41) is 3.24. The van der Waals surface area contributed by atoms with Crippen molar-refractivity contribution in [3.63, 3.8) is 0 Å². The zero-order valence-electron chi connectivity index (χ0n) is 18.2. The van der Waals surface area contributed by atoms with Gasteiger partial charge in [-0.05, 0) is 63.3 Å². The van der Waals surface area contributed by atoms with Gasteiger partial charge in [0.15, 0.2) is 11.5 Å². The van der Waals surface area contributed by atoms with Gasteiger partial charge in [0.2, 0.25) is 0 Å². The van der Waals surface area contributed by atoms with Crippen molar-refractivity contribution in [2.75, 3.05) is 20.2 Å². The number of amides is 1. The largest absolute Gasteiger partial charge is 0.493 e. The molecule has 0 atom stereocenters. The Hall–Kier alpha value is -2.53. The zero-order valence-corrected chi connectivity index (χ0v) is 18.2. The Morgan fingerprint density at radius 3 is 2.37 bits per heavy atom. The van der Waals surface area contributed by atoms with Gasteiger partial charge in [-0.15, -0.1) is 0 Å². The van der Waals surface area contributed by atoms with E-state index in [9.17, 15) is 4.79 Å². The molecule has 0 bridgehead atoms. The van der Waals surface area contributed by atoms with Crippen molar-refractivity contribution in [2.45, 2.75) is 57.2 Å². The molecule has 1 heterocycles. The highest BCUT2D eigenvalue weighted by Gasteiger charge is 2.45. The third-order valence-corrected chi connectivity index (χ3v) is 6.36. The van der Waals surface area contributed by atoms with Crippen molar-refractivity contribution in [1.29, 1.82) is 0 Å². The van der Waals surface area contributed by atoms with Crippen LogP contribution in [0.25, 0.3) is 0 Å². The molecule has 2 aromatic rings. The molecule has 1 amide bonds. The van der Waals surface area contributed by atoms with Crippen molar-refractivity contribution >= 4 is 5.91 Å². The average Bonchev–Trinajstić information content (AvgIpc) is 3.55. The smallest absolute Gasteiger partial charge is 0.252 e. The average molecular weight is 409 g/mol. The number of hydrogen-bond acceptors (Lipinski definition) is 4. The maximum Gasteiger partial charge on any atom is 0.252 e. The van der Waals surface area contributed by atoms with E-state index in [2.05, 4.69) is 36.2 Å². The summed E-state index contributed by atoms with van der Waals surface area (Å²) in [6, 6.07) is 16.2. The number of carbonyl (C=O) groups is 1. The molecule has 2 aliphatic rings. The number of ether oxygens (including phenoxy) is 2. The molecule has 30 heavy (non-hydrogen) atoms. The molecule has 0 spiro atoms. The van der Waals surface area contributed by atoms with Gasteiger partial charge in [0.1, 0.15) is 6.10 Å². The molecule has 1 saturated carbocycles. The predicted octanol–water partition coefficient (Wildman–Crippen LogP) is 4.37. The summed E-state index contributed by atoms with van der Waals surface area (Å²) in [7, 11) is 1.64. The minimum absolute atomic E-state index is 0.0708. The fourth-order valence-corrected chi connectivity index (χ4v) is 4.26. The number of nitrogens with one attached hydrogen (secondary N) is 1. The van der Waals surface area contributed by atoms with Crippen LogP contribution in [0, 0.1) is 0 Å². The van der Waals surface area contributed by atoms with E-state index in [4.69, 9.17) is 9.47 Å². The van der Waals surface area contributed by atoms with Gasteiger partial charge in [0.25, 0.3) is 5.91 Å². The van der Waals surface area contributed by atoms with E-state index in [1.165, 1.54) is 5.56 Å². The summed E-state index contributed by atoms with van der Waals surface area (Å²) >= 11 is 0. The summed E-state index contributed by atoms with van der Waals surface area (Å²) in [6.07, 6.45) is 4.04. The first kappa shape index (κ1) is 20.7. The fourth-order valence-electron chi connectivity index (χ4n) is 4.26. The van der Waals surface area contributed by atoms with E-state index in [-0.39, 0.29) is 17.6 Å². The quantitative estimate of drug-likeness (QED) is 0.739. The molecular formula is C25H32N2O3. The van der Waals surface area contributed by atoms with Gasteiger partial charge in [0, 0.05) is 24.7 Å². The number of benzene rings is 2. The molecule has 1 aliphatic heterocycles. The summed E-state index contributed by atoms with van der Waals surface area (Å²) in [6.45, 7) is 6.53. The molecule has 0 unspecified atom stereocenters. The second-order valence-electron chi connectivity index (χ2n) is 8.71. The maximum absolute atomic E-state index is 13.0. The van der Waals surface area contributed by atoms with Crippen LogP contribution < -0.4 is 14.8 Å². The van der Waals surface area contributed by atoms with Crippen LogP contribution in [0.3, 0.4) is 0 Å². The zero-order chi connectivity index (χ0) is 21.1. The van der Waals surface area contributed by atoms with Crippen LogP contribution in [-0.2, 0) is 5.54 Å². The topological polar surface area (TPSA) is 50.8 Å². The molecule has 5 nitrogen and oxygen atoms in total. The normalized spacial score (nSPS) is 18.8. The lowest BCUT2D eigenvalue weighted by atomic mass is 10.0. The van der Waals surface area contributed by atoms with Gasteiger partial charge in [-0.2, -0.15) is 0 Å². The van der Waals surface area contributed by atoms with Crippen LogP contribution in [0.4, 0.5) is 0 Å². The maximum atomic E-state index is 13.0. The first-order chi connectivity index (χ1) is 14.5. The van der Waals surface area contributed by atoms with Gasteiger partial charge in [-0.1, -0.05) is 30.3 Å². The third-order valence-electron chi connectivity index (χ3n) is 6.36. The second kappa shape index (κ2) is 8.68. The highest BCUT2D eigenvalue weighted by molar-refractivity contribution is 5.95. The highest BCUT2D eigenvalue weighted by Crippen LogP contribution is 2.45. The van der Waals surface area contributed by atoms with E-state index in [1.54, 1.807) is 7.11 Å². The van der Waals surface area contributed by atoms with E-state index >= 15 is 0 Å². The molecule has 4 rings (SSSR count). The van der Waals surface area contributed by atoms with Crippen LogP contribution in [0.15, 0.2) is 48.5 Å². The van der Waals surface area contributed by atoms with Gasteiger partial charge in [0.05, 0.1) is 12.6 Å². The van der Waals surface area contributed by atoms with E-state index in [1.807, 2.05) is 36.4 Å². The molecule has 5 heteroatoms. The first-order valence-electron chi connectivity index (χ1n) is 11.0. The minimum atomic E-state index is -0.233. The summed E-state index contributed by atoms with van der Waals surface area (Å²) in [5.41, 5.74) is 1.54. The van der Waals surface area contributed by atoms with Crippen molar-refractivity contribution in [3.05, 3.63) is 59.7 Å². The number of piperidine rings is 1. The van der Waals surface area contributed by atoms with E-state index in [0.29, 0.717) is 23.1 Å². The Morgan fingerprint density at radius 1 is 1.07 bits per heavy atom. The Labute approximate surface area is 179 Å². The lowest BCUT2D eigenvalue weighted by Crippen LogP contribution is -2.41. The van der Waals surface area contributed by atoms with Crippen LogP contribution in [0.5, 0.6) is 11.5 Å². The molecule has 1 saturated heterocycles. The SMILES string of the molecule is COc1ccc(C(=O)NC2(c3ccccc3)CC2)cc1OC1CCN(C(C)C)CC1. The predicted molar refractivity (Wildman–Crippen MR) is 118 cm³/mol. The Morgan fingerprint density at radius 2 is 1.77 bits per heavy atom. The molecule has 0 radical (unpaired) electrons. The number of hydrogen-bond donors (Lipinski definition) is 1. The second-order valence-corrected chi connectivity index (χ2v) is 8.71. The monoisotopic (exact) mass is 408 g/mol. The Bertz CT molecular complexity index is 869. The van der Waals surface area contributed by atoms with Crippen molar-refractivity contribution in [1.82, 2.24) is 10.2 Å². The van der Waals surface area contributed by atoms with Crippen LogP contribution in [-0.4, -0.2) is 43.2 Å². The highest BCUT2D eigenvalue weighted by atomic mass is 16.5. The van der Waals surface area contributed by atoms with E-state index in [0.717, 1.165) is 38.8 Å². The summed E-state index contributed by atoms with van der Waals surface area (Å²) in [5.74, 6) is 1.25. The van der Waals surface area contributed by atoms with Gasteiger partial charge in [-0.3, -0.25) is 4.79 Å². The van der Waals surface area contributed by atoms with Crippen LogP contribution in [0.2, 0.25) is 0 Å². The van der Waals surface area contributed by atoms with Crippen molar-refractivity contribution < 1.29 is 14.3 Å². The Kier molecular flexibility index (Phi) is 6.00. The van der Waals surface area contributed by atoms with Crippen molar-refractivity contribution in [3.8, 4) is 11.5 Å². The third kappa shape index (κ3) is 4.46. The van der Waals surface area contributed by atoms with Gasteiger partial charge in [-0.25, -0.2) is 0 Å². The minimum Gasteiger partial charge on any atom is -0.493 e. The number of rotatable bonds is 7. The summed E-state index contributed by atoms with van der Waals surface area (Å²) < 4.78 is 11.8. The fraction of sp³-hybridized carbons (Fsp3) is 0.480. The van der Waals surface area contributed by atoms with Crippen LogP contribution in [0.1, 0.15) is 55.5 Å². The molecule has 160 valence electrons. The van der Waals surface area contributed by atoms with Crippen LogP contribution >= 0.6 is 0 Å². The molecule has 0 aromatic heterocycles. The lowest BCUT2D eigenvalue weighted by molar-refractivity contribution is 0.0818. The van der Waals surface area contributed by atoms with E-state index < -0.39 is 0 Å². The van der Waals surface area contributed by atoms with Crippen molar-refractivity contribution in [2.24, 2.45) is 0 Å². The Balaban J connectivity index is 1.45. The molecule has 2 fully saturated rings. The number of carbonyl (C=O) groups excluding carboxylic acids is 1. The standard InChI is InChI=1S/C25H32N2O3/c1-18(2)27-15-11-21(12-16-27)30-23-17-19(9-10-22(23)29-3)24(28)26-25(13-14-25)20-7-5-4-6-8-20/h4-10,17-18,21H,11-16H2,1-3H3,(H,26,28). The lowest BCUT2D eigenvalue weighted by Gasteiger charge is -2.34. The van der Waals surface area contributed by atoms with Gasteiger partial charge < -0.3 is 19.7 Å². The first-order valence-corrected chi connectivity index (χ1v) is 11.0. The molecular weight excluding hydrogens is 376 g/mol. The molecule has 1 N–H and O–H groups in total. The number of methoxy groups -OCH3 is 1. The summed E-state index contributed by atoms with van der Waals surface area (Å²) in [4.78, 5) is 15.5. The molecule has 2 aromatic carbocycles. The molecule has 1 aliphatic carbocycles. The number of likely N-dealkylation sites (tertiary alicyclic amines) is 1. The van der Waals surface area contributed by atoms with Gasteiger partial charge >= 0.3 is 0 Å². The number of nitrogens with zero attached hydrogens (tertiary/aromatic N) is 1.